The van der Waals surface area contributed by atoms with Crippen LogP contribution in [0.3, 0.4) is 0 Å². The Morgan fingerprint density at radius 2 is 2.28 bits per heavy atom. The molecule has 0 radical (unpaired) electrons. The van der Waals surface area contributed by atoms with Gasteiger partial charge in [-0.1, -0.05) is 6.07 Å². The summed E-state index contributed by atoms with van der Waals surface area (Å²) in [6, 6.07) is 9.30. The van der Waals surface area contributed by atoms with E-state index in [1.54, 1.807) is 11.6 Å². The standard InChI is InChI=1S/C20H24N6O3/c1-29-15-4-2-3-14(9-15)24-19-18-13(5-8-26(18)23-12-22-19)10-25-7-6-17(21)16(11-25)20(27)28/h2-5,8-9,12,16-17H,6-7,10-11,21H2,1H3,(H,27,28)(H,22,23,24)/t16-,17-/m1/s1. The zero-order valence-electron chi connectivity index (χ0n) is 16.2. The van der Waals surface area contributed by atoms with E-state index in [2.05, 4.69) is 20.3 Å². The summed E-state index contributed by atoms with van der Waals surface area (Å²) in [4.78, 5) is 18.0. The predicted octanol–water partition coefficient (Wildman–Crippen LogP) is 1.72. The minimum Gasteiger partial charge on any atom is -0.497 e. The topological polar surface area (TPSA) is 118 Å². The molecule has 2 aromatic heterocycles. The maximum absolute atomic E-state index is 11.5. The highest BCUT2D eigenvalue weighted by Crippen LogP contribution is 2.27. The molecule has 2 atom stereocenters. The Hall–Kier alpha value is -3.17. The zero-order valence-corrected chi connectivity index (χ0v) is 16.2. The first-order valence-electron chi connectivity index (χ1n) is 9.48. The van der Waals surface area contributed by atoms with Crippen molar-refractivity contribution in [2.45, 2.75) is 19.0 Å². The van der Waals surface area contributed by atoms with Crippen LogP contribution in [0.1, 0.15) is 12.0 Å². The number of hydrogen-bond donors (Lipinski definition) is 3. The van der Waals surface area contributed by atoms with Crippen molar-refractivity contribution in [1.29, 1.82) is 0 Å². The van der Waals surface area contributed by atoms with Crippen molar-refractivity contribution >= 4 is 23.0 Å². The maximum Gasteiger partial charge on any atom is 0.309 e. The summed E-state index contributed by atoms with van der Waals surface area (Å²) in [6.45, 7) is 1.79. The van der Waals surface area contributed by atoms with Crippen LogP contribution in [-0.2, 0) is 11.3 Å². The number of fused-ring (bicyclic) bond motifs is 1. The molecule has 0 bridgehead atoms. The molecule has 4 rings (SSSR count). The average Bonchev–Trinajstić information content (AvgIpc) is 3.13. The molecule has 3 heterocycles. The van der Waals surface area contributed by atoms with Gasteiger partial charge in [0.1, 0.15) is 17.6 Å². The van der Waals surface area contributed by atoms with E-state index in [0.29, 0.717) is 25.3 Å². The molecule has 152 valence electrons. The number of aromatic nitrogens is 3. The smallest absolute Gasteiger partial charge is 0.309 e. The van der Waals surface area contributed by atoms with Gasteiger partial charge in [-0.3, -0.25) is 9.69 Å². The number of carbonyl (C=O) groups is 1. The lowest BCUT2D eigenvalue weighted by Crippen LogP contribution is -2.49. The Bertz CT molecular complexity index is 1020. The number of hydrogen-bond acceptors (Lipinski definition) is 7. The fraction of sp³-hybridized carbons (Fsp3) is 0.350. The lowest BCUT2D eigenvalue weighted by atomic mass is 9.93. The number of rotatable bonds is 6. The number of nitrogens with one attached hydrogen (secondary N) is 1. The first kappa shape index (κ1) is 19.2. The molecule has 1 aromatic carbocycles. The Morgan fingerprint density at radius 3 is 3.07 bits per heavy atom. The molecule has 29 heavy (non-hydrogen) atoms. The lowest BCUT2D eigenvalue weighted by molar-refractivity contribution is -0.144. The number of nitrogens with zero attached hydrogens (tertiary/aromatic N) is 4. The molecular formula is C20H24N6O3. The summed E-state index contributed by atoms with van der Waals surface area (Å²) in [5, 5.41) is 17.1. The molecule has 1 aliphatic heterocycles. The molecule has 9 heteroatoms. The van der Waals surface area contributed by atoms with E-state index in [9.17, 15) is 9.90 Å². The highest BCUT2D eigenvalue weighted by atomic mass is 16.5. The van der Waals surface area contributed by atoms with Gasteiger partial charge in [-0.05, 0) is 30.2 Å². The van der Waals surface area contributed by atoms with E-state index in [1.807, 2.05) is 36.5 Å². The van der Waals surface area contributed by atoms with Gasteiger partial charge in [0.25, 0.3) is 0 Å². The second-order valence-corrected chi connectivity index (χ2v) is 7.23. The minimum atomic E-state index is -0.840. The fourth-order valence-electron chi connectivity index (χ4n) is 3.76. The van der Waals surface area contributed by atoms with Crippen molar-refractivity contribution in [3.8, 4) is 5.75 Å². The number of benzene rings is 1. The molecule has 0 saturated carbocycles. The van der Waals surface area contributed by atoms with Gasteiger partial charge >= 0.3 is 5.97 Å². The van der Waals surface area contributed by atoms with Crippen LogP contribution in [0.2, 0.25) is 0 Å². The van der Waals surface area contributed by atoms with Gasteiger partial charge in [0.05, 0.1) is 13.0 Å². The quantitative estimate of drug-likeness (QED) is 0.576. The van der Waals surface area contributed by atoms with E-state index in [-0.39, 0.29) is 6.04 Å². The van der Waals surface area contributed by atoms with Gasteiger partial charge in [0, 0.05) is 43.6 Å². The monoisotopic (exact) mass is 396 g/mol. The Kier molecular flexibility index (Phi) is 5.32. The molecule has 0 spiro atoms. The molecule has 0 amide bonds. The highest BCUT2D eigenvalue weighted by Gasteiger charge is 2.32. The molecule has 4 N–H and O–H groups in total. The Balaban J connectivity index is 1.60. The summed E-state index contributed by atoms with van der Waals surface area (Å²) >= 11 is 0. The van der Waals surface area contributed by atoms with Gasteiger partial charge in [-0.15, -0.1) is 0 Å². The van der Waals surface area contributed by atoms with Crippen LogP contribution in [0.25, 0.3) is 5.52 Å². The van der Waals surface area contributed by atoms with Crippen molar-refractivity contribution < 1.29 is 14.6 Å². The van der Waals surface area contributed by atoms with Crippen LogP contribution in [-0.4, -0.2) is 56.8 Å². The Labute approximate surface area is 168 Å². The van der Waals surface area contributed by atoms with Crippen LogP contribution < -0.4 is 15.8 Å². The van der Waals surface area contributed by atoms with E-state index in [0.717, 1.165) is 29.1 Å². The third kappa shape index (κ3) is 4.01. The molecule has 0 unspecified atom stereocenters. The number of anilines is 2. The van der Waals surface area contributed by atoms with Gasteiger partial charge in [-0.2, -0.15) is 5.10 Å². The molecule has 1 saturated heterocycles. The van der Waals surface area contributed by atoms with Gasteiger partial charge in [-0.25, -0.2) is 9.50 Å². The minimum absolute atomic E-state index is 0.303. The van der Waals surface area contributed by atoms with Crippen molar-refractivity contribution in [2.24, 2.45) is 11.7 Å². The molecular weight excluding hydrogens is 372 g/mol. The summed E-state index contributed by atoms with van der Waals surface area (Å²) in [5.41, 5.74) is 8.72. The van der Waals surface area contributed by atoms with E-state index in [1.165, 1.54) is 6.33 Å². The number of nitrogens with two attached hydrogens (primary N) is 1. The molecule has 3 aromatic rings. The zero-order chi connectivity index (χ0) is 20.4. The van der Waals surface area contributed by atoms with Crippen LogP contribution in [0.5, 0.6) is 5.75 Å². The summed E-state index contributed by atoms with van der Waals surface area (Å²) < 4.78 is 7.06. The number of ether oxygens (including phenoxy) is 1. The summed E-state index contributed by atoms with van der Waals surface area (Å²) in [6.07, 6.45) is 4.04. The summed E-state index contributed by atoms with van der Waals surface area (Å²) in [7, 11) is 1.63. The second-order valence-electron chi connectivity index (χ2n) is 7.23. The van der Waals surface area contributed by atoms with Gasteiger partial charge in [0.15, 0.2) is 5.82 Å². The van der Waals surface area contributed by atoms with Crippen LogP contribution in [0, 0.1) is 5.92 Å². The first-order chi connectivity index (χ1) is 14.0. The van der Waals surface area contributed by atoms with Crippen molar-refractivity contribution in [3.63, 3.8) is 0 Å². The van der Waals surface area contributed by atoms with E-state index < -0.39 is 11.9 Å². The first-order valence-corrected chi connectivity index (χ1v) is 9.48. The van der Waals surface area contributed by atoms with Gasteiger partial charge in [0.2, 0.25) is 0 Å². The number of carboxylic acids is 1. The molecule has 1 fully saturated rings. The fourth-order valence-corrected chi connectivity index (χ4v) is 3.76. The number of aliphatic carboxylic acids is 1. The maximum atomic E-state index is 11.5. The van der Waals surface area contributed by atoms with Crippen LogP contribution in [0.4, 0.5) is 11.5 Å². The second kappa shape index (κ2) is 8.06. The molecule has 9 nitrogen and oxygen atoms in total. The normalized spacial score (nSPS) is 19.9. The van der Waals surface area contributed by atoms with Crippen molar-refractivity contribution in [2.75, 3.05) is 25.5 Å². The number of piperidine rings is 1. The average molecular weight is 396 g/mol. The van der Waals surface area contributed by atoms with E-state index >= 15 is 0 Å². The summed E-state index contributed by atoms with van der Waals surface area (Å²) in [5.74, 6) is 0.0349. The molecule has 1 aliphatic rings. The number of likely N-dealkylation sites (tertiary alicyclic amines) is 1. The Morgan fingerprint density at radius 1 is 1.41 bits per heavy atom. The predicted molar refractivity (Wildman–Crippen MR) is 108 cm³/mol. The SMILES string of the molecule is COc1cccc(Nc2ncnn3ccc(CN4CC[C@@H](N)[C@H](C(=O)O)C4)c23)c1. The third-order valence-corrected chi connectivity index (χ3v) is 5.33. The van der Waals surface area contributed by atoms with Crippen molar-refractivity contribution in [3.05, 3.63) is 48.4 Å². The van der Waals surface area contributed by atoms with Crippen LogP contribution >= 0.6 is 0 Å². The largest absolute Gasteiger partial charge is 0.497 e. The van der Waals surface area contributed by atoms with E-state index in [4.69, 9.17) is 10.5 Å². The number of carboxylic acid groups (broad SMARTS) is 1. The van der Waals surface area contributed by atoms with Crippen LogP contribution in [0.15, 0.2) is 42.9 Å². The third-order valence-electron chi connectivity index (χ3n) is 5.33. The van der Waals surface area contributed by atoms with Gasteiger partial charge < -0.3 is 20.9 Å². The molecule has 0 aliphatic carbocycles. The highest BCUT2D eigenvalue weighted by molar-refractivity contribution is 5.76. The lowest BCUT2D eigenvalue weighted by Gasteiger charge is -2.34. The van der Waals surface area contributed by atoms with Crippen molar-refractivity contribution in [1.82, 2.24) is 19.5 Å². The number of methoxy groups -OCH3 is 1.